The second kappa shape index (κ2) is 9.85. The van der Waals surface area contributed by atoms with Gasteiger partial charge in [0.25, 0.3) is 0 Å². The van der Waals surface area contributed by atoms with Gasteiger partial charge in [-0.1, -0.05) is 0 Å². The van der Waals surface area contributed by atoms with Gasteiger partial charge in [0, 0.05) is 32.4 Å². The van der Waals surface area contributed by atoms with Crippen molar-refractivity contribution in [3.8, 4) is 0 Å². The van der Waals surface area contributed by atoms with Gasteiger partial charge >= 0.3 is 0 Å². The highest BCUT2D eigenvalue weighted by atomic mass is 32.1. The maximum Gasteiger partial charge on any atom is 0.240 e. The first-order chi connectivity index (χ1) is 12.0. The highest BCUT2D eigenvalue weighted by Crippen LogP contribution is 2.12. The average molecular weight is 377 g/mol. The summed E-state index contributed by atoms with van der Waals surface area (Å²) in [6, 6.07) is 7.87. The Morgan fingerprint density at radius 1 is 0.880 bits per heavy atom. The summed E-state index contributed by atoms with van der Waals surface area (Å²) in [5, 5.41) is 7.80. The fourth-order valence-electron chi connectivity index (χ4n) is 1.90. The Labute approximate surface area is 154 Å². The Kier molecular flexibility index (Phi) is 7.49. The summed E-state index contributed by atoms with van der Waals surface area (Å²) in [5.41, 5.74) is 4.92. The molecule has 2 aromatic heterocycles. The van der Waals surface area contributed by atoms with Crippen LogP contribution in [0.1, 0.15) is 38.8 Å². The monoisotopic (exact) mass is 376 g/mol. The third-order valence-corrected chi connectivity index (χ3v) is 4.96. The van der Waals surface area contributed by atoms with E-state index in [0.29, 0.717) is 6.42 Å². The maximum atomic E-state index is 11.6. The molecule has 8 heteroatoms. The fraction of sp³-hybridized carbons (Fsp3) is 0.294. The second-order valence-corrected chi connectivity index (χ2v) is 7.98. The molecule has 0 aromatic carbocycles. The molecule has 0 aliphatic carbocycles. The van der Waals surface area contributed by atoms with E-state index in [1.165, 1.54) is 9.75 Å². The lowest BCUT2D eigenvalue weighted by Gasteiger charge is -2.00. The molecule has 2 N–H and O–H groups in total. The maximum absolute atomic E-state index is 11.6. The lowest BCUT2D eigenvalue weighted by molar-refractivity contribution is -0.122. The van der Waals surface area contributed by atoms with Gasteiger partial charge in [-0.05, 0) is 44.5 Å². The number of thiophene rings is 2. The molecular weight excluding hydrogens is 356 g/mol. The summed E-state index contributed by atoms with van der Waals surface area (Å²) in [6.07, 6.45) is 4.15. The molecule has 0 bridgehead atoms. The van der Waals surface area contributed by atoms with Crippen molar-refractivity contribution in [3.05, 3.63) is 43.8 Å². The average Bonchev–Trinajstić information content (AvgIpc) is 3.16. The minimum absolute atomic E-state index is 0.213. The lowest BCUT2D eigenvalue weighted by Crippen LogP contribution is -2.20. The summed E-state index contributed by atoms with van der Waals surface area (Å²) in [6.45, 7) is 4.02. The molecule has 0 fully saturated rings. The van der Waals surface area contributed by atoms with Gasteiger partial charge in [-0.2, -0.15) is 10.2 Å². The highest BCUT2D eigenvalue weighted by molar-refractivity contribution is 7.13. The summed E-state index contributed by atoms with van der Waals surface area (Å²) in [7, 11) is 0. The van der Waals surface area contributed by atoms with Crippen molar-refractivity contribution in [1.82, 2.24) is 10.9 Å². The van der Waals surface area contributed by atoms with E-state index in [-0.39, 0.29) is 24.7 Å². The fourth-order valence-corrected chi connectivity index (χ4v) is 3.40. The van der Waals surface area contributed by atoms with Crippen LogP contribution in [0.15, 0.2) is 34.5 Å². The van der Waals surface area contributed by atoms with Crippen LogP contribution >= 0.6 is 22.7 Å². The second-order valence-electron chi connectivity index (χ2n) is 5.34. The van der Waals surface area contributed by atoms with E-state index >= 15 is 0 Å². The molecule has 2 rings (SSSR count). The van der Waals surface area contributed by atoms with Crippen molar-refractivity contribution in [2.75, 3.05) is 0 Å². The van der Waals surface area contributed by atoms with Crippen LogP contribution < -0.4 is 10.9 Å². The molecule has 2 aromatic rings. The molecule has 0 saturated carbocycles. The molecule has 0 aliphatic heterocycles. The molecule has 0 radical (unpaired) electrons. The third-order valence-electron chi connectivity index (χ3n) is 3.09. The van der Waals surface area contributed by atoms with Gasteiger partial charge in [0.1, 0.15) is 0 Å². The Morgan fingerprint density at radius 3 is 1.68 bits per heavy atom. The number of rotatable bonds is 8. The first-order valence-corrected chi connectivity index (χ1v) is 9.43. The number of carbonyl (C=O) groups excluding carboxylic acids is 2. The molecule has 0 atom stereocenters. The van der Waals surface area contributed by atoms with Gasteiger partial charge in [-0.15, -0.1) is 22.7 Å². The van der Waals surface area contributed by atoms with Crippen molar-refractivity contribution in [3.63, 3.8) is 0 Å². The van der Waals surface area contributed by atoms with Crippen LogP contribution in [-0.4, -0.2) is 24.2 Å². The molecule has 132 valence electrons. The third kappa shape index (κ3) is 7.40. The number of hydrogen-bond donors (Lipinski definition) is 2. The van der Waals surface area contributed by atoms with Crippen LogP contribution in [0.25, 0.3) is 0 Å². The number of nitrogens with zero attached hydrogens (tertiary/aromatic N) is 2. The minimum atomic E-state index is -0.213. The Morgan fingerprint density at radius 2 is 1.32 bits per heavy atom. The Balaban J connectivity index is 1.59. The van der Waals surface area contributed by atoms with Crippen molar-refractivity contribution in [2.24, 2.45) is 10.2 Å². The van der Waals surface area contributed by atoms with Gasteiger partial charge in [-0.3, -0.25) is 9.59 Å². The molecule has 0 saturated heterocycles. The van der Waals surface area contributed by atoms with Crippen LogP contribution in [0.4, 0.5) is 0 Å². The zero-order chi connectivity index (χ0) is 18.1. The molecule has 0 unspecified atom stereocenters. The van der Waals surface area contributed by atoms with E-state index in [9.17, 15) is 9.59 Å². The molecule has 0 spiro atoms. The van der Waals surface area contributed by atoms with Crippen LogP contribution in [0.3, 0.4) is 0 Å². The molecular formula is C17H20N4O2S2. The van der Waals surface area contributed by atoms with Crippen LogP contribution in [0, 0.1) is 13.8 Å². The number of hydrazone groups is 2. The zero-order valence-corrected chi connectivity index (χ0v) is 15.7. The van der Waals surface area contributed by atoms with E-state index in [1.54, 1.807) is 35.1 Å². The number of nitrogens with one attached hydrogen (secondary N) is 2. The molecule has 2 amide bonds. The van der Waals surface area contributed by atoms with E-state index in [2.05, 4.69) is 21.1 Å². The van der Waals surface area contributed by atoms with Crippen molar-refractivity contribution in [2.45, 2.75) is 33.1 Å². The van der Waals surface area contributed by atoms with Gasteiger partial charge in [0.2, 0.25) is 11.8 Å². The van der Waals surface area contributed by atoms with E-state index in [1.807, 2.05) is 38.1 Å². The molecule has 6 nitrogen and oxygen atoms in total. The Hall–Kier alpha value is -2.32. The zero-order valence-electron chi connectivity index (χ0n) is 14.1. The summed E-state index contributed by atoms with van der Waals surface area (Å²) in [5.74, 6) is -0.426. The summed E-state index contributed by atoms with van der Waals surface area (Å²) < 4.78 is 0. The van der Waals surface area contributed by atoms with Crippen molar-refractivity contribution < 1.29 is 9.59 Å². The van der Waals surface area contributed by atoms with Gasteiger partial charge in [0.15, 0.2) is 0 Å². The normalized spacial score (nSPS) is 11.3. The van der Waals surface area contributed by atoms with Gasteiger partial charge in [0.05, 0.1) is 12.4 Å². The minimum Gasteiger partial charge on any atom is -0.273 e. The number of hydrogen-bond acceptors (Lipinski definition) is 6. The molecule has 25 heavy (non-hydrogen) atoms. The highest BCUT2D eigenvalue weighted by Gasteiger charge is 2.04. The van der Waals surface area contributed by atoms with Crippen LogP contribution in [0.5, 0.6) is 0 Å². The van der Waals surface area contributed by atoms with E-state index in [4.69, 9.17) is 0 Å². The van der Waals surface area contributed by atoms with E-state index in [0.717, 1.165) is 9.75 Å². The van der Waals surface area contributed by atoms with Crippen LogP contribution in [-0.2, 0) is 9.59 Å². The van der Waals surface area contributed by atoms with Crippen LogP contribution in [0.2, 0.25) is 0 Å². The predicted molar refractivity (Wildman–Crippen MR) is 103 cm³/mol. The standard InChI is InChI=1S/C17H20N4O2S2/c1-12-6-8-14(24-12)10-18-20-16(22)4-3-5-17(23)21-19-11-15-9-7-13(2)25-15/h6-11H,3-5H2,1-2H3,(H,20,22)(H,21,23)/b18-10-,19-11-. The predicted octanol–water partition coefficient (Wildman–Crippen LogP) is 3.20. The number of aryl methyl sites for hydroxylation is 2. The molecule has 2 heterocycles. The van der Waals surface area contributed by atoms with Gasteiger partial charge in [-0.25, -0.2) is 10.9 Å². The lowest BCUT2D eigenvalue weighted by atomic mass is 10.2. The smallest absolute Gasteiger partial charge is 0.240 e. The first kappa shape index (κ1) is 19.0. The summed E-state index contributed by atoms with van der Waals surface area (Å²) >= 11 is 3.20. The largest absolute Gasteiger partial charge is 0.273 e. The summed E-state index contributed by atoms with van der Waals surface area (Å²) in [4.78, 5) is 27.6. The Bertz CT molecular complexity index is 713. The van der Waals surface area contributed by atoms with E-state index < -0.39 is 0 Å². The molecule has 0 aliphatic rings. The number of carbonyl (C=O) groups is 2. The SMILES string of the molecule is Cc1ccc(/C=N\NC(=O)CCCC(=O)N/N=C\c2ccc(C)s2)s1. The van der Waals surface area contributed by atoms with Gasteiger partial charge < -0.3 is 0 Å². The number of amides is 2. The van der Waals surface area contributed by atoms with Crippen molar-refractivity contribution in [1.29, 1.82) is 0 Å². The topological polar surface area (TPSA) is 82.9 Å². The first-order valence-electron chi connectivity index (χ1n) is 7.79. The quantitative estimate of drug-likeness (QED) is 0.548. The van der Waals surface area contributed by atoms with Crippen molar-refractivity contribution >= 4 is 46.9 Å².